The fourth-order valence-electron chi connectivity index (χ4n) is 5.70. The van der Waals surface area contributed by atoms with Crippen molar-refractivity contribution in [2.45, 2.75) is 38.3 Å². The minimum Gasteiger partial charge on any atom is -0.488 e. The summed E-state index contributed by atoms with van der Waals surface area (Å²) in [6.45, 7) is 7.70. The molecule has 1 aromatic carbocycles. The van der Waals surface area contributed by atoms with E-state index in [4.69, 9.17) is 15.2 Å². The number of carbonyl (C=O) groups excluding carboxylic acids is 3. The Balaban J connectivity index is 1.47. The zero-order valence-corrected chi connectivity index (χ0v) is 22.4. The molecule has 3 aliphatic heterocycles. The predicted octanol–water partition coefficient (Wildman–Crippen LogP) is 4.13. The molecule has 39 heavy (non-hydrogen) atoms. The summed E-state index contributed by atoms with van der Waals surface area (Å²) in [5.41, 5.74) is 8.46. The highest BCUT2D eigenvalue weighted by Gasteiger charge is 2.43. The van der Waals surface area contributed by atoms with Crippen LogP contribution < -0.4 is 20.3 Å². The number of carbonyl (C=O) groups is 3. The third-order valence-corrected chi connectivity index (χ3v) is 8.60. The van der Waals surface area contributed by atoms with Crippen LogP contribution in [0, 0.1) is 6.92 Å². The first-order valence-corrected chi connectivity index (χ1v) is 13.8. The molecule has 3 aliphatic rings. The maximum atomic E-state index is 14.5. The summed E-state index contributed by atoms with van der Waals surface area (Å²) in [5, 5.41) is 0.700. The van der Waals surface area contributed by atoms with Crippen LogP contribution in [0.15, 0.2) is 43.1 Å². The maximum absolute atomic E-state index is 14.5. The molecule has 0 unspecified atom stereocenters. The van der Waals surface area contributed by atoms with E-state index >= 15 is 0 Å². The number of nitrogens with two attached hydrogens (primary N) is 1. The highest BCUT2D eigenvalue weighted by molar-refractivity contribution is 7.21. The van der Waals surface area contributed by atoms with Crippen molar-refractivity contribution in [1.82, 2.24) is 9.88 Å². The number of ether oxygens (including phenoxy) is 2. The van der Waals surface area contributed by atoms with Gasteiger partial charge in [-0.3, -0.25) is 19.4 Å². The van der Waals surface area contributed by atoms with Crippen molar-refractivity contribution in [2.24, 2.45) is 5.73 Å². The molecule has 2 N–H and O–H groups in total. The normalized spacial score (nSPS) is 20.9. The number of pyridine rings is 1. The molecule has 202 valence electrons. The second-order valence-corrected chi connectivity index (χ2v) is 11.0. The molecular weight excluding hydrogens is 518 g/mol. The predicted molar refractivity (Wildman–Crippen MR) is 149 cm³/mol. The number of primary amides is 1. The molecule has 0 spiro atoms. The van der Waals surface area contributed by atoms with Crippen LogP contribution >= 0.6 is 11.3 Å². The average Bonchev–Trinajstić information content (AvgIpc) is 3.58. The van der Waals surface area contributed by atoms with Gasteiger partial charge < -0.3 is 20.1 Å². The number of nitrogens with zero attached hydrogens (tertiary/aromatic N) is 4. The van der Waals surface area contributed by atoms with Gasteiger partial charge in [0.1, 0.15) is 21.6 Å². The van der Waals surface area contributed by atoms with Crippen molar-refractivity contribution in [3.05, 3.63) is 53.6 Å². The van der Waals surface area contributed by atoms with Gasteiger partial charge in [-0.1, -0.05) is 6.58 Å². The number of thiophene rings is 1. The molecule has 6 rings (SSSR count). The zero-order chi connectivity index (χ0) is 27.3. The van der Waals surface area contributed by atoms with Crippen molar-refractivity contribution >= 4 is 56.5 Å². The van der Waals surface area contributed by atoms with Gasteiger partial charge in [0.25, 0.3) is 5.91 Å². The Hall–Kier alpha value is -3.96. The number of hydrogen-bond donors (Lipinski definition) is 1. The topological polar surface area (TPSA) is 118 Å². The largest absolute Gasteiger partial charge is 0.488 e. The molecule has 0 saturated carbocycles. The Bertz CT molecular complexity index is 1500. The van der Waals surface area contributed by atoms with E-state index in [1.807, 2.05) is 25.1 Å². The van der Waals surface area contributed by atoms with Gasteiger partial charge in [0.2, 0.25) is 5.91 Å². The molecule has 0 radical (unpaired) electrons. The first-order chi connectivity index (χ1) is 18.9. The molecule has 0 aliphatic carbocycles. The quantitative estimate of drug-likeness (QED) is 0.464. The second-order valence-electron chi connectivity index (χ2n) is 9.98. The lowest BCUT2D eigenvalue weighted by molar-refractivity contribution is -0.127. The monoisotopic (exact) mass is 547 g/mol. The molecule has 11 heteroatoms. The highest BCUT2D eigenvalue weighted by atomic mass is 32.1. The van der Waals surface area contributed by atoms with Crippen molar-refractivity contribution in [1.29, 1.82) is 0 Å². The van der Waals surface area contributed by atoms with Gasteiger partial charge in [0.05, 0.1) is 41.7 Å². The van der Waals surface area contributed by atoms with E-state index in [2.05, 4.69) is 11.6 Å². The van der Waals surface area contributed by atoms with Crippen LogP contribution in [-0.2, 0) is 9.53 Å². The van der Waals surface area contributed by atoms with Gasteiger partial charge in [-0.25, -0.2) is 9.78 Å². The molecule has 3 aromatic rings. The van der Waals surface area contributed by atoms with Crippen molar-refractivity contribution < 1.29 is 23.9 Å². The summed E-state index contributed by atoms with van der Waals surface area (Å²) >= 11 is 1.18. The Morgan fingerprint density at radius 2 is 2.10 bits per heavy atom. The van der Waals surface area contributed by atoms with Crippen LogP contribution in [0.2, 0.25) is 0 Å². The van der Waals surface area contributed by atoms with Gasteiger partial charge in [-0.2, -0.15) is 0 Å². The minimum absolute atomic E-state index is 0.00953. The summed E-state index contributed by atoms with van der Waals surface area (Å²) in [6, 6.07) is 6.78. The molecule has 5 heterocycles. The molecular formula is C28H29N5O5S. The Morgan fingerprint density at radius 3 is 2.82 bits per heavy atom. The number of rotatable bonds is 6. The van der Waals surface area contributed by atoms with Gasteiger partial charge >= 0.3 is 6.03 Å². The number of amides is 4. The fraction of sp³-hybridized carbons (Fsp3) is 0.357. The number of likely N-dealkylation sites (tertiary alicyclic amines) is 1. The lowest BCUT2D eigenvalue weighted by Crippen LogP contribution is -2.56. The molecule has 4 amide bonds. The maximum Gasteiger partial charge on any atom is 0.334 e. The van der Waals surface area contributed by atoms with Crippen molar-refractivity contribution in [2.75, 3.05) is 36.1 Å². The third kappa shape index (κ3) is 4.31. The fourth-order valence-corrected chi connectivity index (χ4v) is 6.71. The number of anilines is 3. The van der Waals surface area contributed by atoms with E-state index in [0.717, 1.165) is 12.0 Å². The first-order valence-electron chi connectivity index (χ1n) is 13.0. The van der Waals surface area contributed by atoms with Crippen LogP contribution in [-0.4, -0.2) is 66.2 Å². The van der Waals surface area contributed by atoms with E-state index in [1.54, 1.807) is 27.0 Å². The Labute approximate surface area is 229 Å². The zero-order valence-electron chi connectivity index (χ0n) is 21.6. The van der Waals surface area contributed by atoms with Crippen LogP contribution in [0.4, 0.5) is 21.9 Å². The number of urea groups is 1. The van der Waals surface area contributed by atoms with E-state index in [-0.39, 0.29) is 29.0 Å². The van der Waals surface area contributed by atoms with E-state index in [9.17, 15) is 14.4 Å². The smallest absolute Gasteiger partial charge is 0.334 e. The van der Waals surface area contributed by atoms with Crippen LogP contribution in [0.5, 0.6) is 5.75 Å². The summed E-state index contributed by atoms with van der Waals surface area (Å²) in [7, 11) is 0. The molecule has 2 fully saturated rings. The standard InChI is InChI=1S/C28H29N5O5S/c1-3-22(34)31-11-4-5-17(14-31)32-24-23-21(8-10-30-27(23)39-25(24)26(29)35)33(28(32)36)20-7-6-18(13-16(20)2)38-19-9-12-37-15-19/h3,6-8,10,13,17,19H,1,4-5,9,11-12,14-15H2,2H3,(H2,29,35)/t17-,19+/m1/s1. The number of benzene rings is 1. The average molecular weight is 548 g/mol. The van der Waals surface area contributed by atoms with E-state index in [0.29, 0.717) is 72.2 Å². The SMILES string of the molecule is C=CC(=O)N1CCC[C@@H](N2C(=O)N(c3ccc(O[C@H]4CCOC4)cc3C)c3ccnc4sc(C(N)=O)c2c34)C1. The van der Waals surface area contributed by atoms with Gasteiger partial charge in [-0.05, 0) is 55.7 Å². The molecule has 0 bridgehead atoms. The molecule has 2 saturated heterocycles. The van der Waals surface area contributed by atoms with Crippen LogP contribution in [0.3, 0.4) is 0 Å². The van der Waals surface area contributed by atoms with Crippen molar-refractivity contribution in [3.8, 4) is 5.75 Å². The lowest BCUT2D eigenvalue weighted by atomic mass is 10.00. The van der Waals surface area contributed by atoms with Gasteiger partial charge in [0, 0.05) is 25.7 Å². The summed E-state index contributed by atoms with van der Waals surface area (Å²) in [5.74, 6) is -0.0904. The first kappa shape index (κ1) is 25.3. The van der Waals surface area contributed by atoms with Gasteiger partial charge in [-0.15, -0.1) is 11.3 Å². The van der Waals surface area contributed by atoms with Crippen molar-refractivity contribution in [3.63, 3.8) is 0 Å². The number of piperidine rings is 1. The van der Waals surface area contributed by atoms with Gasteiger partial charge in [0.15, 0.2) is 0 Å². The second kappa shape index (κ2) is 9.97. The Kier molecular flexibility index (Phi) is 6.48. The number of hydrogen-bond acceptors (Lipinski definition) is 7. The highest BCUT2D eigenvalue weighted by Crippen LogP contribution is 2.50. The van der Waals surface area contributed by atoms with Crippen LogP contribution in [0.1, 0.15) is 34.5 Å². The van der Waals surface area contributed by atoms with E-state index < -0.39 is 5.91 Å². The number of aryl methyl sites for hydroxylation is 1. The van der Waals surface area contributed by atoms with E-state index in [1.165, 1.54) is 17.4 Å². The van der Waals surface area contributed by atoms with Crippen LogP contribution in [0.25, 0.3) is 10.2 Å². The minimum atomic E-state index is -0.617. The third-order valence-electron chi connectivity index (χ3n) is 7.50. The molecule has 2 aromatic heterocycles. The summed E-state index contributed by atoms with van der Waals surface area (Å²) in [6.07, 6.45) is 5.15. The summed E-state index contributed by atoms with van der Waals surface area (Å²) in [4.78, 5) is 49.9. The summed E-state index contributed by atoms with van der Waals surface area (Å²) < 4.78 is 11.5. The molecule has 10 nitrogen and oxygen atoms in total. The molecule has 2 atom stereocenters. The Morgan fingerprint density at radius 1 is 1.26 bits per heavy atom. The lowest BCUT2D eigenvalue weighted by Gasteiger charge is -2.43. The number of aromatic nitrogens is 1.